The SMILES string of the molecule is COCc1ccccc1CNC(=O)CC(C)C1CCCNC1. The van der Waals surface area contributed by atoms with Gasteiger partial charge in [-0.1, -0.05) is 31.2 Å². The summed E-state index contributed by atoms with van der Waals surface area (Å²) in [6, 6.07) is 8.08. The van der Waals surface area contributed by atoms with E-state index in [1.807, 2.05) is 24.3 Å². The van der Waals surface area contributed by atoms with Crippen LogP contribution in [0.15, 0.2) is 24.3 Å². The number of nitrogens with one attached hydrogen (secondary N) is 2. The van der Waals surface area contributed by atoms with E-state index in [0.29, 0.717) is 31.4 Å². The molecule has 1 saturated heterocycles. The minimum absolute atomic E-state index is 0.144. The monoisotopic (exact) mass is 304 g/mol. The Morgan fingerprint density at radius 3 is 2.86 bits per heavy atom. The minimum atomic E-state index is 0.144. The zero-order valence-electron chi connectivity index (χ0n) is 13.7. The molecule has 1 aromatic carbocycles. The molecule has 1 fully saturated rings. The Labute approximate surface area is 133 Å². The number of carbonyl (C=O) groups excluding carboxylic acids is 1. The van der Waals surface area contributed by atoms with E-state index in [1.165, 1.54) is 12.8 Å². The molecule has 0 spiro atoms. The van der Waals surface area contributed by atoms with E-state index in [9.17, 15) is 4.79 Å². The molecule has 0 bridgehead atoms. The third-order valence-electron chi connectivity index (χ3n) is 4.54. The summed E-state index contributed by atoms with van der Waals surface area (Å²) in [7, 11) is 1.69. The highest BCUT2D eigenvalue weighted by molar-refractivity contribution is 5.76. The van der Waals surface area contributed by atoms with E-state index in [2.05, 4.69) is 17.6 Å². The number of amides is 1. The Balaban J connectivity index is 1.80. The summed E-state index contributed by atoms with van der Waals surface area (Å²) in [6.07, 6.45) is 3.07. The van der Waals surface area contributed by atoms with Crippen LogP contribution in [0.25, 0.3) is 0 Å². The van der Waals surface area contributed by atoms with Gasteiger partial charge in [0.05, 0.1) is 6.61 Å². The molecule has 0 aromatic heterocycles. The number of piperidine rings is 1. The average Bonchev–Trinajstić information content (AvgIpc) is 2.55. The molecule has 2 unspecified atom stereocenters. The van der Waals surface area contributed by atoms with Gasteiger partial charge in [-0.25, -0.2) is 0 Å². The predicted octanol–water partition coefficient (Wildman–Crippen LogP) is 2.48. The number of ether oxygens (including phenoxy) is 1. The number of methoxy groups -OCH3 is 1. The zero-order chi connectivity index (χ0) is 15.8. The third kappa shape index (κ3) is 5.11. The topological polar surface area (TPSA) is 50.4 Å². The van der Waals surface area contributed by atoms with Gasteiger partial charge in [-0.15, -0.1) is 0 Å². The number of hydrogen-bond acceptors (Lipinski definition) is 3. The van der Waals surface area contributed by atoms with Crippen LogP contribution >= 0.6 is 0 Å². The van der Waals surface area contributed by atoms with Crippen molar-refractivity contribution in [3.63, 3.8) is 0 Å². The standard InChI is InChI=1S/C18H28N2O2/c1-14(15-8-5-9-19-11-15)10-18(21)20-12-16-6-3-4-7-17(16)13-22-2/h3-4,6-7,14-15,19H,5,8-13H2,1-2H3,(H,20,21). The molecular formula is C18H28N2O2. The lowest BCUT2D eigenvalue weighted by Gasteiger charge is -2.28. The molecule has 1 amide bonds. The molecule has 2 atom stereocenters. The van der Waals surface area contributed by atoms with Crippen molar-refractivity contribution in [2.45, 2.75) is 39.3 Å². The Morgan fingerprint density at radius 1 is 1.41 bits per heavy atom. The smallest absolute Gasteiger partial charge is 0.220 e. The fraction of sp³-hybridized carbons (Fsp3) is 0.611. The quantitative estimate of drug-likeness (QED) is 0.813. The molecule has 1 aromatic rings. The van der Waals surface area contributed by atoms with Crippen LogP contribution in [0.3, 0.4) is 0 Å². The molecule has 1 aliphatic heterocycles. The van der Waals surface area contributed by atoms with E-state index < -0.39 is 0 Å². The maximum Gasteiger partial charge on any atom is 0.220 e. The van der Waals surface area contributed by atoms with E-state index >= 15 is 0 Å². The van der Waals surface area contributed by atoms with Crippen molar-refractivity contribution in [2.24, 2.45) is 11.8 Å². The van der Waals surface area contributed by atoms with E-state index in [-0.39, 0.29) is 5.91 Å². The first-order chi connectivity index (χ1) is 10.7. The lowest BCUT2D eigenvalue weighted by Crippen LogP contribution is -2.35. The molecule has 2 rings (SSSR count). The maximum atomic E-state index is 12.2. The van der Waals surface area contributed by atoms with Gasteiger partial charge in [0, 0.05) is 20.1 Å². The molecule has 122 valence electrons. The lowest BCUT2D eigenvalue weighted by atomic mass is 9.85. The van der Waals surface area contributed by atoms with Crippen molar-refractivity contribution in [3.05, 3.63) is 35.4 Å². The molecule has 4 heteroatoms. The zero-order valence-corrected chi connectivity index (χ0v) is 13.7. The molecule has 2 N–H and O–H groups in total. The van der Waals surface area contributed by atoms with Crippen molar-refractivity contribution < 1.29 is 9.53 Å². The van der Waals surface area contributed by atoms with E-state index in [1.54, 1.807) is 7.11 Å². The first-order valence-electron chi connectivity index (χ1n) is 8.24. The minimum Gasteiger partial charge on any atom is -0.380 e. The molecule has 1 aliphatic rings. The van der Waals surface area contributed by atoms with Gasteiger partial charge in [-0.05, 0) is 48.9 Å². The Morgan fingerprint density at radius 2 is 2.18 bits per heavy atom. The van der Waals surface area contributed by atoms with Gasteiger partial charge >= 0.3 is 0 Å². The van der Waals surface area contributed by atoms with Crippen LogP contribution in [0.4, 0.5) is 0 Å². The van der Waals surface area contributed by atoms with Crippen molar-refractivity contribution in [3.8, 4) is 0 Å². The van der Waals surface area contributed by atoms with Gasteiger partial charge in [-0.3, -0.25) is 4.79 Å². The third-order valence-corrected chi connectivity index (χ3v) is 4.54. The molecule has 1 heterocycles. The predicted molar refractivity (Wildman–Crippen MR) is 88.4 cm³/mol. The van der Waals surface area contributed by atoms with Crippen molar-refractivity contribution in [1.29, 1.82) is 0 Å². The number of carbonyl (C=O) groups is 1. The van der Waals surface area contributed by atoms with Gasteiger partial charge < -0.3 is 15.4 Å². The van der Waals surface area contributed by atoms with Gasteiger partial charge in [0.25, 0.3) is 0 Å². The number of hydrogen-bond donors (Lipinski definition) is 2. The van der Waals surface area contributed by atoms with Crippen molar-refractivity contribution in [2.75, 3.05) is 20.2 Å². The Kier molecular flexibility index (Phi) is 6.87. The largest absolute Gasteiger partial charge is 0.380 e. The fourth-order valence-corrected chi connectivity index (χ4v) is 3.12. The molecule has 0 aliphatic carbocycles. The first kappa shape index (κ1) is 17.0. The highest BCUT2D eigenvalue weighted by Gasteiger charge is 2.21. The van der Waals surface area contributed by atoms with Crippen LogP contribution in [0.5, 0.6) is 0 Å². The van der Waals surface area contributed by atoms with Crippen molar-refractivity contribution >= 4 is 5.91 Å². The summed E-state index contributed by atoms with van der Waals surface area (Å²) in [5.41, 5.74) is 2.26. The fourth-order valence-electron chi connectivity index (χ4n) is 3.12. The Hall–Kier alpha value is -1.39. The van der Waals surface area contributed by atoms with E-state index in [0.717, 1.165) is 24.2 Å². The first-order valence-corrected chi connectivity index (χ1v) is 8.24. The van der Waals surface area contributed by atoms with Crippen LogP contribution in [0.1, 0.15) is 37.3 Å². The molecule has 0 saturated carbocycles. The van der Waals surface area contributed by atoms with Crippen LogP contribution in [0, 0.1) is 11.8 Å². The maximum absolute atomic E-state index is 12.2. The summed E-state index contributed by atoms with van der Waals surface area (Å²) in [5.74, 6) is 1.20. The second-order valence-corrected chi connectivity index (χ2v) is 6.27. The van der Waals surface area contributed by atoms with Gasteiger partial charge in [0.15, 0.2) is 0 Å². The van der Waals surface area contributed by atoms with E-state index in [4.69, 9.17) is 4.74 Å². The van der Waals surface area contributed by atoms with Crippen LogP contribution in [0.2, 0.25) is 0 Å². The normalized spacial score (nSPS) is 19.6. The summed E-state index contributed by atoms with van der Waals surface area (Å²) in [4.78, 5) is 12.2. The van der Waals surface area contributed by atoms with Crippen LogP contribution in [-0.2, 0) is 22.7 Å². The lowest BCUT2D eigenvalue weighted by molar-refractivity contribution is -0.122. The van der Waals surface area contributed by atoms with Crippen molar-refractivity contribution in [1.82, 2.24) is 10.6 Å². The van der Waals surface area contributed by atoms with Gasteiger partial charge in [-0.2, -0.15) is 0 Å². The number of benzene rings is 1. The summed E-state index contributed by atoms with van der Waals surface area (Å²) in [6.45, 7) is 5.51. The van der Waals surface area contributed by atoms with Gasteiger partial charge in [0.1, 0.15) is 0 Å². The molecular weight excluding hydrogens is 276 g/mol. The Bertz CT molecular complexity index is 470. The van der Waals surface area contributed by atoms with Gasteiger partial charge in [0.2, 0.25) is 5.91 Å². The summed E-state index contributed by atoms with van der Waals surface area (Å²) < 4.78 is 5.20. The average molecular weight is 304 g/mol. The second kappa shape index (κ2) is 8.91. The molecule has 0 radical (unpaired) electrons. The number of rotatable bonds is 7. The molecule has 22 heavy (non-hydrogen) atoms. The summed E-state index contributed by atoms with van der Waals surface area (Å²) >= 11 is 0. The van der Waals surface area contributed by atoms with Crippen LogP contribution in [-0.4, -0.2) is 26.1 Å². The summed E-state index contributed by atoms with van der Waals surface area (Å²) in [5, 5.41) is 6.48. The highest BCUT2D eigenvalue weighted by Crippen LogP contribution is 2.22. The second-order valence-electron chi connectivity index (χ2n) is 6.27. The highest BCUT2D eigenvalue weighted by atomic mass is 16.5. The van der Waals surface area contributed by atoms with Crippen LogP contribution < -0.4 is 10.6 Å². The molecule has 4 nitrogen and oxygen atoms in total.